The Balaban J connectivity index is 1.60. The Morgan fingerprint density at radius 2 is 0.867 bits per heavy atom. The fourth-order valence-corrected chi connectivity index (χ4v) is 4.27. The average molecular weight is 390 g/mol. The van der Waals surface area contributed by atoms with E-state index in [1.165, 1.54) is 32.7 Å². The van der Waals surface area contributed by atoms with E-state index >= 15 is 0 Å². The van der Waals surface area contributed by atoms with Gasteiger partial charge in [0.05, 0.1) is 11.4 Å². The Bertz CT molecular complexity index is 1130. The quantitative estimate of drug-likeness (QED) is 0.377. The molecule has 0 saturated carbocycles. The van der Waals surface area contributed by atoms with Gasteiger partial charge in [-0.3, -0.25) is 19.9 Å². The molecular formula is C26H22N4. The van der Waals surface area contributed by atoms with E-state index in [0.29, 0.717) is 0 Å². The van der Waals surface area contributed by atoms with Crippen LogP contribution < -0.4 is 0 Å². The first-order chi connectivity index (χ1) is 14.9. The first kappa shape index (κ1) is 18.4. The minimum atomic E-state index is 0.876. The van der Waals surface area contributed by atoms with Gasteiger partial charge in [0.15, 0.2) is 0 Å². The zero-order valence-electron chi connectivity index (χ0n) is 16.7. The third-order valence-corrected chi connectivity index (χ3v) is 5.65. The Morgan fingerprint density at radius 3 is 1.20 bits per heavy atom. The zero-order valence-corrected chi connectivity index (χ0v) is 16.7. The number of benzene rings is 3. The van der Waals surface area contributed by atoms with Gasteiger partial charge in [-0.2, -0.15) is 0 Å². The molecule has 0 aliphatic carbocycles. The lowest BCUT2D eigenvalue weighted by molar-refractivity contribution is 0.902. The molecule has 0 saturated heterocycles. The van der Waals surface area contributed by atoms with Crippen molar-refractivity contribution in [3.05, 3.63) is 108 Å². The summed E-state index contributed by atoms with van der Waals surface area (Å²) >= 11 is 0. The third-order valence-electron chi connectivity index (χ3n) is 5.65. The molecule has 0 aliphatic heterocycles. The molecule has 0 bridgehead atoms. The van der Waals surface area contributed by atoms with Crippen molar-refractivity contribution in [1.29, 1.82) is 0 Å². The van der Waals surface area contributed by atoms with Crippen LogP contribution in [0.25, 0.3) is 21.5 Å². The summed E-state index contributed by atoms with van der Waals surface area (Å²) in [5.41, 5.74) is 4.82. The van der Waals surface area contributed by atoms with Crippen LogP contribution in [0.4, 0.5) is 0 Å². The molecule has 2 heterocycles. The van der Waals surface area contributed by atoms with Crippen molar-refractivity contribution in [2.24, 2.45) is 0 Å². The van der Waals surface area contributed by atoms with E-state index in [0.717, 1.165) is 37.1 Å². The predicted octanol–water partition coefficient (Wildman–Crippen LogP) is 5.14. The summed E-state index contributed by atoms with van der Waals surface area (Å²) in [4.78, 5) is 17.3. The van der Waals surface area contributed by atoms with Gasteiger partial charge in [-0.15, -0.1) is 0 Å². The summed E-state index contributed by atoms with van der Waals surface area (Å²) in [5.74, 6) is 0. The molecule has 5 aromatic rings. The van der Waals surface area contributed by atoms with Gasteiger partial charge in [0.25, 0.3) is 0 Å². The average Bonchev–Trinajstić information content (AvgIpc) is 2.82. The Labute approximate surface area is 175 Å². The molecule has 0 radical (unpaired) electrons. The summed E-state index contributed by atoms with van der Waals surface area (Å²) in [5, 5.41) is 5.31. The van der Waals surface area contributed by atoms with Gasteiger partial charge >= 0.3 is 0 Å². The lowest BCUT2D eigenvalue weighted by Gasteiger charge is -2.17. The second-order valence-corrected chi connectivity index (χ2v) is 7.44. The van der Waals surface area contributed by atoms with Crippen LogP contribution >= 0.6 is 0 Å². The van der Waals surface area contributed by atoms with Gasteiger partial charge in [0, 0.05) is 37.2 Å². The molecule has 4 heteroatoms. The van der Waals surface area contributed by atoms with Crippen LogP contribution in [0, 0.1) is 0 Å². The fourth-order valence-electron chi connectivity index (χ4n) is 4.27. The van der Waals surface area contributed by atoms with Crippen molar-refractivity contribution in [3.63, 3.8) is 0 Å². The lowest BCUT2D eigenvalue weighted by atomic mass is 9.88. The molecule has 5 rings (SSSR count). The minimum Gasteiger partial charge on any atom is -0.261 e. The summed E-state index contributed by atoms with van der Waals surface area (Å²) in [6.07, 6.45) is 14.3. The van der Waals surface area contributed by atoms with Crippen LogP contribution in [0.5, 0.6) is 0 Å². The number of aromatic nitrogens is 4. The van der Waals surface area contributed by atoms with Crippen LogP contribution in [0.15, 0.2) is 85.7 Å². The lowest BCUT2D eigenvalue weighted by Crippen LogP contribution is -2.01. The Hall–Kier alpha value is -3.66. The second kappa shape index (κ2) is 8.37. The molecular weight excluding hydrogens is 368 g/mol. The van der Waals surface area contributed by atoms with Crippen LogP contribution in [-0.2, 0) is 25.7 Å². The van der Waals surface area contributed by atoms with Gasteiger partial charge in [-0.05, 0) is 58.4 Å². The van der Waals surface area contributed by atoms with Crippen molar-refractivity contribution in [2.45, 2.75) is 25.7 Å². The highest BCUT2D eigenvalue weighted by Gasteiger charge is 2.14. The van der Waals surface area contributed by atoms with Gasteiger partial charge in [-0.1, -0.05) is 48.5 Å². The summed E-state index contributed by atoms with van der Waals surface area (Å²) in [7, 11) is 0. The molecule has 2 aromatic heterocycles. The van der Waals surface area contributed by atoms with Gasteiger partial charge in [-0.25, -0.2) is 0 Å². The van der Waals surface area contributed by atoms with Crippen LogP contribution in [0.1, 0.15) is 22.5 Å². The van der Waals surface area contributed by atoms with E-state index in [2.05, 4.69) is 68.5 Å². The maximum Gasteiger partial charge on any atom is 0.0589 e. The van der Waals surface area contributed by atoms with Gasteiger partial charge in [0.2, 0.25) is 0 Å². The number of hydrogen-bond acceptors (Lipinski definition) is 4. The van der Waals surface area contributed by atoms with Crippen molar-refractivity contribution in [3.8, 4) is 0 Å². The molecule has 0 fully saturated rings. The van der Waals surface area contributed by atoms with E-state index in [-0.39, 0.29) is 0 Å². The number of hydrogen-bond donors (Lipinski definition) is 0. The first-order valence-corrected chi connectivity index (χ1v) is 10.3. The molecule has 0 N–H and O–H groups in total. The van der Waals surface area contributed by atoms with Gasteiger partial charge < -0.3 is 0 Å². The van der Waals surface area contributed by atoms with E-state index in [1.54, 1.807) is 24.8 Å². The molecule has 0 unspecified atom stereocenters. The molecule has 0 atom stereocenters. The summed E-state index contributed by atoms with van der Waals surface area (Å²) < 4.78 is 0. The predicted molar refractivity (Wildman–Crippen MR) is 120 cm³/mol. The molecule has 0 spiro atoms. The maximum atomic E-state index is 4.46. The van der Waals surface area contributed by atoms with Crippen LogP contribution in [0.2, 0.25) is 0 Å². The standard InChI is InChI=1S/C26H22N4/c1-2-6-22-21(5-1)25(11-9-19-17-27-13-15-29-19)23-7-3-4-8-24(23)26(22)12-10-20-18-28-14-16-30-20/h1-8,13-18H,9-12H2. The molecule has 0 amide bonds. The normalized spacial score (nSPS) is 11.2. The van der Waals surface area contributed by atoms with E-state index in [9.17, 15) is 0 Å². The van der Waals surface area contributed by atoms with E-state index < -0.39 is 0 Å². The van der Waals surface area contributed by atoms with Crippen molar-refractivity contribution in [1.82, 2.24) is 19.9 Å². The number of aryl methyl sites for hydroxylation is 4. The van der Waals surface area contributed by atoms with Crippen molar-refractivity contribution in [2.75, 3.05) is 0 Å². The maximum absolute atomic E-state index is 4.46. The van der Waals surface area contributed by atoms with Crippen molar-refractivity contribution < 1.29 is 0 Å². The third kappa shape index (κ3) is 3.64. The summed E-state index contributed by atoms with van der Waals surface area (Å²) in [6, 6.07) is 17.5. The topological polar surface area (TPSA) is 51.6 Å². The SMILES string of the molecule is c1ccc2c(CCc3cnccn3)c3ccccc3c(CCc3cnccn3)c2c1. The highest BCUT2D eigenvalue weighted by Crippen LogP contribution is 2.34. The van der Waals surface area contributed by atoms with Crippen molar-refractivity contribution >= 4 is 21.5 Å². The van der Waals surface area contributed by atoms with Crippen LogP contribution in [-0.4, -0.2) is 19.9 Å². The second-order valence-electron chi connectivity index (χ2n) is 7.44. The van der Waals surface area contributed by atoms with E-state index in [4.69, 9.17) is 0 Å². The highest BCUT2D eigenvalue weighted by molar-refractivity contribution is 6.05. The number of rotatable bonds is 6. The smallest absolute Gasteiger partial charge is 0.0589 e. The zero-order chi connectivity index (χ0) is 20.2. The van der Waals surface area contributed by atoms with Crippen LogP contribution in [0.3, 0.4) is 0 Å². The van der Waals surface area contributed by atoms with E-state index in [1.807, 2.05) is 12.4 Å². The summed E-state index contributed by atoms with van der Waals surface area (Å²) in [6.45, 7) is 0. The number of nitrogens with zero attached hydrogens (tertiary/aromatic N) is 4. The molecule has 4 nitrogen and oxygen atoms in total. The monoisotopic (exact) mass is 390 g/mol. The fraction of sp³-hybridized carbons (Fsp3) is 0.154. The molecule has 3 aromatic carbocycles. The molecule has 146 valence electrons. The Kier molecular flexibility index (Phi) is 5.13. The highest BCUT2D eigenvalue weighted by atomic mass is 14.8. The largest absolute Gasteiger partial charge is 0.261 e. The molecule has 0 aliphatic rings. The number of fused-ring (bicyclic) bond motifs is 2. The molecule has 30 heavy (non-hydrogen) atoms. The Morgan fingerprint density at radius 1 is 0.467 bits per heavy atom. The first-order valence-electron chi connectivity index (χ1n) is 10.3. The van der Waals surface area contributed by atoms with Gasteiger partial charge in [0.1, 0.15) is 0 Å². The minimum absolute atomic E-state index is 0.876.